The zero-order valence-electron chi connectivity index (χ0n) is 11.2. The van der Waals surface area contributed by atoms with Crippen LogP contribution >= 0.6 is 15.9 Å². The van der Waals surface area contributed by atoms with E-state index in [1.165, 1.54) is 0 Å². The summed E-state index contributed by atoms with van der Waals surface area (Å²) >= 11 is 3.45. The first-order chi connectivity index (χ1) is 9.65. The van der Waals surface area contributed by atoms with E-state index in [2.05, 4.69) is 26.1 Å². The number of hydrogen-bond donors (Lipinski definition) is 0. The second kappa shape index (κ2) is 5.21. The van der Waals surface area contributed by atoms with E-state index in [-0.39, 0.29) is 0 Å². The summed E-state index contributed by atoms with van der Waals surface area (Å²) in [4.78, 5) is 0. The first kappa shape index (κ1) is 13.1. The van der Waals surface area contributed by atoms with Crippen molar-refractivity contribution in [3.8, 4) is 11.6 Å². The van der Waals surface area contributed by atoms with E-state index in [9.17, 15) is 0 Å². The van der Waals surface area contributed by atoms with Crippen molar-refractivity contribution in [3.05, 3.63) is 58.2 Å². The molecule has 0 aliphatic carbocycles. The Morgan fingerprint density at radius 1 is 0.950 bits per heavy atom. The van der Waals surface area contributed by atoms with Crippen molar-refractivity contribution in [3.63, 3.8) is 0 Å². The summed E-state index contributed by atoms with van der Waals surface area (Å²) in [7, 11) is 0. The quantitative estimate of drug-likeness (QED) is 0.677. The lowest BCUT2D eigenvalue weighted by Crippen LogP contribution is -1.96. The molecular formula is C16H13BrN2O. The van der Waals surface area contributed by atoms with Crippen LogP contribution in [0.25, 0.3) is 10.8 Å². The molecule has 3 rings (SSSR count). The highest BCUT2D eigenvalue weighted by molar-refractivity contribution is 9.10. The molecule has 0 radical (unpaired) electrons. The van der Waals surface area contributed by atoms with Crippen LogP contribution in [-0.2, 0) is 0 Å². The predicted octanol–water partition coefficient (Wildman–Crippen LogP) is 4.80. The maximum Gasteiger partial charge on any atom is 0.246 e. The molecule has 0 bridgehead atoms. The van der Waals surface area contributed by atoms with E-state index in [1.54, 1.807) is 0 Å². The second-order valence-electron chi connectivity index (χ2n) is 4.65. The van der Waals surface area contributed by atoms with Gasteiger partial charge in [0.05, 0.1) is 5.69 Å². The highest BCUT2D eigenvalue weighted by Crippen LogP contribution is 2.31. The van der Waals surface area contributed by atoms with Gasteiger partial charge in [-0.15, -0.1) is 5.10 Å². The summed E-state index contributed by atoms with van der Waals surface area (Å²) in [6.45, 7) is 3.95. The van der Waals surface area contributed by atoms with Crippen molar-refractivity contribution < 1.29 is 4.74 Å². The van der Waals surface area contributed by atoms with Gasteiger partial charge in [0, 0.05) is 15.2 Å². The highest BCUT2D eigenvalue weighted by Gasteiger charge is 2.10. The van der Waals surface area contributed by atoms with Gasteiger partial charge in [-0.2, -0.15) is 5.10 Å². The number of rotatable bonds is 2. The SMILES string of the molecule is Cc1ccc(Br)cc1Oc1nnc(C)c2ccccc12. The number of hydrogen-bond acceptors (Lipinski definition) is 3. The van der Waals surface area contributed by atoms with Crippen molar-refractivity contribution in [1.29, 1.82) is 0 Å². The van der Waals surface area contributed by atoms with E-state index >= 15 is 0 Å². The molecule has 0 spiro atoms. The molecular weight excluding hydrogens is 316 g/mol. The molecule has 1 aromatic heterocycles. The summed E-state index contributed by atoms with van der Waals surface area (Å²) < 4.78 is 6.93. The third-order valence-corrected chi connectivity index (χ3v) is 3.69. The minimum Gasteiger partial charge on any atom is -0.437 e. The van der Waals surface area contributed by atoms with E-state index in [0.29, 0.717) is 5.88 Å². The smallest absolute Gasteiger partial charge is 0.246 e. The summed E-state index contributed by atoms with van der Waals surface area (Å²) in [5, 5.41) is 10.4. The molecule has 0 amide bonds. The minimum atomic E-state index is 0.535. The molecule has 0 unspecified atom stereocenters. The molecule has 0 aliphatic heterocycles. The van der Waals surface area contributed by atoms with E-state index in [0.717, 1.165) is 32.3 Å². The van der Waals surface area contributed by atoms with E-state index in [1.807, 2.05) is 56.3 Å². The van der Waals surface area contributed by atoms with Gasteiger partial charge in [-0.05, 0) is 37.6 Å². The summed E-state index contributed by atoms with van der Waals surface area (Å²) in [5.74, 6) is 1.31. The van der Waals surface area contributed by atoms with Crippen LogP contribution in [0.2, 0.25) is 0 Å². The van der Waals surface area contributed by atoms with Crippen molar-refractivity contribution in [2.45, 2.75) is 13.8 Å². The third-order valence-electron chi connectivity index (χ3n) is 3.19. The van der Waals surface area contributed by atoms with E-state index < -0.39 is 0 Å². The molecule has 4 heteroatoms. The van der Waals surface area contributed by atoms with Crippen molar-refractivity contribution in [2.24, 2.45) is 0 Å². The monoisotopic (exact) mass is 328 g/mol. The molecule has 20 heavy (non-hydrogen) atoms. The van der Waals surface area contributed by atoms with Gasteiger partial charge in [0.2, 0.25) is 5.88 Å². The first-order valence-corrected chi connectivity index (χ1v) is 7.10. The molecule has 0 saturated carbocycles. The lowest BCUT2D eigenvalue weighted by Gasteiger charge is -2.10. The van der Waals surface area contributed by atoms with Gasteiger partial charge in [0.15, 0.2) is 0 Å². The number of nitrogens with zero attached hydrogens (tertiary/aromatic N) is 2. The van der Waals surface area contributed by atoms with Crippen LogP contribution in [0.15, 0.2) is 46.9 Å². The van der Waals surface area contributed by atoms with Crippen LogP contribution in [0, 0.1) is 13.8 Å². The fourth-order valence-electron chi connectivity index (χ4n) is 2.08. The Bertz CT molecular complexity index is 787. The molecule has 100 valence electrons. The van der Waals surface area contributed by atoms with Crippen LogP contribution in [0.4, 0.5) is 0 Å². The van der Waals surface area contributed by atoms with E-state index in [4.69, 9.17) is 4.74 Å². The molecule has 0 atom stereocenters. The van der Waals surface area contributed by atoms with Gasteiger partial charge in [0.1, 0.15) is 5.75 Å². The van der Waals surface area contributed by atoms with Crippen molar-refractivity contribution >= 4 is 26.7 Å². The summed E-state index contributed by atoms with van der Waals surface area (Å²) in [6, 6.07) is 13.9. The van der Waals surface area contributed by atoms with Crippen LogP contribution in [0.5, 0.6) is 11.6 Å². The third kappa shape index (κ3) is 2.39. The van der Waals surface area contributed by atoms with Crippen LogP contribution in [-0.4, -0.2) is 10.2 Å². The lowest BCUT2D eigenvalue weighted by molar-refractivity contribution is 0.457. The fourth-order valence-corrected chi connectivity index (χ4v) is 2.42. The summed E-state index contributed by atoms with van der Waals surface area (Å²) in [5.41, 5.74) is 1.96. The molecule has 1 heterocycles. The van der Waals surface area contributed by atoms with Gasteiger partial charge in [-0.25, -0.2) is 0 Å². The Morgan fingerprint density at radius 2 is 1.70 bits per heavy atom. The highest BCUT2D eigenvalue weighted by atomic mass is 79.9. The summed E-state index contributed by atoms with van der Waals surface area (Å²) in [6.07, 6.45) is 0. The molecule has 0 fully saturated rings. The Hall–Kier alpha value is -1.94. The Kier molecular flexibility index (Phi) is 3.40. The molecule has 0 saturated heterocycles. The van der Waals surface area contributed by atoms with Gasteiger partial charge in [0.25, 0.3) is 0 Å². The first-order valence-electron chi connectivity index (χ1n) is 6.31. The normalized spacial score (nSPS) is 10.8. The topological polar surface area (TPSA) is 35.0 Å². The Labute approximate surface area is 125 Å². The minimum absolute atomic E-state index is 0.535. The number of halogens is 1. The van der Waals surface area contributed by atoms with Gasteiger partial charge < -0.3 is 4.74 Å². The zero-order valence-corrected chi connectivity index (χ0v) is 12.8. The number of ether oxygens (including phenoxy) is 1. The average Bonchev–Trinajstić information content (AvgIpc) is 2.46. The fraction of sp³-hybridized carbons (Fsp3) is 0.125. The Morgan fingerprint density at radius 3 is 2.50 bits per heavy atom. The van der Waals surface area contributed by atoms with Crippen molar-refractivity contribution in [2.75, 3.05) is 0 Å². The lowest BCUT2D eigenvalue weighted by atomic mass is 10.1. The largest absolute Gasteiger partial charge is 0.437 e. The maximum atomic E-state index is 5.95. The van der Waals surface area contributed by atoms with Crippen LogP contribution in [0.3, 0.4) is 0 Å². The van der Waals surface area contributed by atoms with Crippen LogP contribution in [0.1, 0.15) is 11.3 Å². The number of aryl methyl sites for hydroxylation is 2. The molecule has 3 aromatic rings. The van der Waals surface area contributed by atoms with Crippen molar-refractivity contribution in [1.82, 2.24) is 10.2 Å². The Balaban J connectivity index is 2.11. The molecule has 0 aliphatic rings. The standard InChI is InChI=1S/C16H13BrN2O/c1-10-7-8-12(17)9-15(10)20-16-14-6-4-3-5-13(14)11(2)18-19-16/h3-9H,1-2H3. The second-order valence-corrected chi connectivity index (χ2v) is 5.56. The predicted molar refractivity (Wildman–Crippen MR) is 83.2 cm³/mol. The van der Waals surface area contributed by atoms with Crippen LogP contribution < -0.4 is 4.74 Å². The molecule has 3 nitrogen and oxygen atoms in total. The average molecular weight is 329 g/mol. The molecule has 2 aromatic carbocycles. The van der Waals surface area contributed by atoms with Gasteiger partial charge in [-0.3, -0.25) is 0 Å². The number of fused-ring (bicyclic) bond motifs is 1. The van der Waals surface area contributed by atoms with Gasteiger partial charge >= 0.3 is 0 Å². The number of benzene rings is 2. The molecule has 0 N–H and O–H groups in total. The maximum absolute atomic E-state index is 5.95. The van der Waals surface area contributed by atoms with Gasteiger partial charge in [-0.1, -0.05) is 40.2 Å². The zero-order chi connectivity index (χ0) is 14.1. The number of aromatic nitrogens is 2.